The first-order chi connectivity index (χ1) is 13.7. The van der Waals surface area contributed by atoms with Gasteiger partial charge in [-0.2, -0.15) is 0 Å². The van der Waals surface area contributed by atoms with Gasteiger partial charge in [0.25, 0.3) is 0 Å². The van der Waals surface area contributed by atoms with E-state index in [0.29, 0.717) is 6.04 Å². The smallest absolute Gasteiger partial charge is 0.191 e. The van der Waals surface area contributed by atoms with Gasteiger partial charge in [0.15, 0.2) is 5.96 Å². The van der Waals surface area contributed by atoms with E-state index >= 15 is 0 Å². The molecule has 0 aromatic heterocycles. The van der Waals surface area contributed by atoms with Crippen LogP contribution in [0.5, 0.6) is 0 Å². The Labute approximate surface area is 170 Å². The first kappa shape index (κ1) is 20.7. The van der Waals surface area contributed by atoms with Crippen molar-refractivity contribution in [1.82, 2.24) is 15.5 Å². The van der Waals surface area contributed by atoms with E-state index in [-0.39, 0.29) is 0 Å². The highest BCUT2D eigenvalue weighted by Crippen LogP contribution is 2.18. The minimum atomic E-state index is 0.516. The van der Waals surface area contributed by atoms with E-state index in [9.17, 15) is 0 Å². The highest BCUT2D eigenvalue weighted by atomic mass is 15.3. The lowest BCUT2D eigenvalue weighted by molar-refractivity contribution is 0.253. The van der Waals surface area contributed by atoms with Gasteiger partial charge in [-0.25, -0.2) is 0 Å². The molecule has 1 fully saturated rings. The lowest BCUT2D eigenvalue weighted by Gasteiger charge is -2.36. The van der Waals surface area contributed by atoms with E-state index in [0.717, 1.165) is 64.5 Å². The van der Waals surface area contributed by atoms with E-state index in [1.807, 2.05) is 0 Å². The first-order valence-corrected chi connectivity index (χ1v) is 11.0. The molecule has 1 aliphatic heterocycles. The van der Waals surface area contributed by atoms with Gasteiger partial charge in [-0.15, -0.1) is 0 Å². The number of aliphatic imine (C=N–C) groups is 1. The van der Waals surface area contributed by atoms with Crippen LogP contribution in [0.25, 0.3) is 0 Å². The van der Waals surface area contributed by atoms with Gasteiger partial charge in [0.05, 0.1) is 0 Å². The Kier molecular flexibility index (Phi) is 8.22. The molecule has 5 heteroatoms. The summed E-state index contributed by atoms with van der Waals surface area (Å²) >= 11 is 0. The fraction of sp³-hybridized carbons (Fsp3) is 0.609. The summed E-state index contributed by atoms with van der Waals surface area (Å²) < 4.78 is 0. The molecular weight excluding hydrogens is 346 g/mol. The molecule has 28 heavy (non-hydrogen) atoms. The molecule has 0 amide bonds. The fourth-order valence-electron chi connectivity index (χ4n) is 3.94. The number of benzene rings is 1. The molecule has 0 spiro atoms. The number of guanidine groups is 1. The zero-order valence-corrected chi connectivity index (χ0v) is 17.7. The summed E-state index contributed by atoms with van der Waals surface area (Å²) in [6.07, 6.45) is 9.09. The van der Waals surface area contributed by atoms with Crippen molar-refractivity contribution in [2.75, 3.05) is 50.7 Å². The van der Waals surface area contributed by atoms with Gasteiger partial charge in [0.2, 0.25) is 0 Å². The molecule has 1 aliphatic carbocycles. The van der Waals surface area contributed by atoms with Crippen molar-refractivity contribution in [2.45, 2.75) is 45.6 Å². The summed E-state index contributed by atoms with van der Waals surface area (Å²) in [5.41, 5.74) is 2.71. The Morgan fingerprint density at radius 2 is 1.89 bits per heavy atom. The van der Waals surface area contributed by atoms with Crippen molar-refractivity contribution >= 4 is 11.6 Å². The highest BCUT2D eigenvalue weighted by molar-refractivity contribution is 5.80. The summed E-state index contributed by atoms with van der Waals surface area (Å²) in [5, 5.41) is 6.91. The Balaban J connectivity index is 1.32. The van der Waals surface area contributed by atoms with Gasteiger partial charge < -0.3 is 15.5 Å². The molecule has 2 aliphatic rings. The van der Waals surface area contributed by atoms with Gasteiger partial charge in [-0.05, 0) is 63.8 Å². The van der Waals surface area contributed by atoms with Crippen molar-refractivity contribution in [3.8, 4) is 0 Å². The molecule has 154 valence electrons. The van der Waals surface area contributed by atoms with Crippen LogP contribution in [0.3, 0.4) is 0 Å². The van der Waals surface area contributed by atoms with Crippen molar-refractivity contribution in [3.63, 3.8) is 0 Å². The van der Waals surface area contributed by atoms with Crippen molar-refractivity contribution < 1.29 is 0 Å². The summed E-state index contributed by atoms with van der Waals surface area (Å²) in [4.78, 5) is 9.87. The Morgan fingerprint density at radius 1 is 1.11 bits per heavy atom. The van der Waals surface area contributed by atoms with Crippen LogP contribution in [0, 0.1) is 6.92 Å². The molecule has 0 unspecified atom stereocenters. The molecule has 0 atom stereocenters. The number of hydrogen-bond donors (Lipinski definition) is 2. The number of aryl methyl sites for hydroxylation is 1. The molecule has 0 radical (unpaired) electrons. The Bertz CT molecular complexity index is 638. The second-order valence-corrected chi connectivity index (χ2v) is 7.92. The van der Waals surface area contributed by atoms with E-state index in [1.165, 1.54) is 24.2 Å². The number of piperazine rings is 1. The summed E-state index contributed by atoms with van der Waals surface area (Å²) in [7, 11) is 0. The lowest BCUT2D eigenvalue weighted by atomic mass is 10.2. The van der Waals surface area contributed by atoms with Crippen LogP contribution in [0.2, 0.25) is 0 Å². The summed E-state index contributed by atoms with van der Waals surface area (Å²) in [6, 6.07) is 9.38. The molecular formula is C23H37N5. The third-order valence-corrected chi connectivity index (χ3v) is 5.58. The van der Waals surface area contributed by atoms with Crippen LogP contribution in [0.4, 0.5) is 5.69 Å². The van der Waals surface area contributed by atoms with Gasteiger partial charge >= 0.3 is 0 Å². The maximum Gasteiger partial charge on any atom is 0.191 e. The minimum Gasteiger partial charge on any atom is -0.369 e. The Hall–Kier alpha value is -2.01. The number of hydrogen-bond acceptors (Lipinski definition) is 3. The molecule has 1 saturated heterocycles. The first-order valence-electron chi connectivity index (χ1n) is 11.0. The zero-order valence-electron chi connectivity index (χ0n) is 17.7. The second-order valence-electron chi connectivity index (χ2n) is 7.92. The van der Waals surface area contributed by atoms with Crippen LogP contribution in [-0.4, -0.2) is 62.7 Å². The number of nitrogens with zero attached hydrogens (tertiary/aromatic N) is 3. The lowest BCUT2D eigenvalue weighted by Crippen LogP contribution is -2.46. The van der Waals surface area contributed by atoms with Gasteiger partial charge in [0, 0.05) is 51.0 Å². The molecule has 3 rings (SSSR count). The van der Waals surface area contributed by atoms with Crippen LogP contribution < -0.4 is 15.5 Å². The predicted octanol–water partition coefficient (Wildman–Crippen LogP) is 3.17. The number of anilines is 1. The average molecular weight is 384 g/mol. The number of rotatable bonds is 8. The van der Waals surface area contributed by atoms with Crippen LogP contribution in [0.15, 0.2) is 41.4 Å². The third kappa shape index (κ3) is 6.55. The van der Waals surface area contributed by atoms with Gasteiger partial charge in [0.1, 0.15) is 0 Å². The maximum absolute atomic E-state index is 4.76. The van der Waals surface area contributed by atoms with Gasteiger partial charge in [-0.3, -0.25) is 9.89 Å². The molecule has 1 aromatic rings. The summed E-state index contributed by atoms with van der Waals surface area (Å²) in [5.74, 6) is 0.975. The van der Waals surface area contributed by atoms with E-state index in [4.69, 9.17) is 4.99 Å². The van der Waals surface area contributed by atoms with E-state index < -0.39 is 0 Å². The quantitative estimate of drug-likeness (QED) is 0.313. The SMILES string of the molecule is CCNC(=NCCCCN1CCN(c2cccc(C)c2)CC1)NC1CC=CC1. The summed E-state index contributed by atoms with van der Waals surface area (Å²) in [6.45, 7) is 11.9. The molecule has 0 bridgehead atoms. The van der Waals surface area contributed by atoms with Crippen LogP contribution >= 0.6 is 0 Å². The largest absolute Gasteiger partial charge is 0.369 e. The zero-order chi connectivity index (χ0) is 19.6. The molecule has 2 N–H and O–H groups in total. The van der Waals surface area contributed by atoms with Crippen LogP contribution in [0.1, 0.15) is 38.2 Å². The van der Waals surface area contributed by atoms with Crippen LogP contribution in [-0.2, 0) is 0 Å². The fourth-order valence-corrected chi connectivity index (χ4v) is 3.94. The number of nitrogens with one attached hydrogen (secondary N) is 2. The van der Waals surface area contributed by atoms with E-state index in [2.05, 4.69) is 70.7 Å². The molecule has 1 aromatic carbocycles. The Morgan fingerprint density at radius 3 is 2.61 bits per heavy atom. The average Bonchev–Trinajstić information content (AvgIpc) is 3.21. The normalized spacial score (nSPS) is 18.6. The molecule has 5 nitrogen and oxygen atoms in total. The van der Waals surface area contributed by atoms with Gasteiger partial charge in [-0.1, -0.05) is 24.3 Å². The van der Waals surface area contributed by atoms with Crippen molar-refractivity contribution in [2.24, 2.45) is 4.99 Å². The van der Waals surface area contributed by atoms with Crippen molar-refractivity contribution in [1.29, 1.82) is 0 Å². The predicted molar refractivity (Wildman–Crippen MR) is 120 cm³/mol. The second kappa shape index (κ2) is 11.1. The molecule has 1 heterocycles. The maximum atomic E-state index is 4.76. The monoisotopic (exact) mass is 383 g/mol. The third-order valence-electron chi connectivity index (χ3n) is 5.58. The number of unbranched alkanes of at least 4 members (excludes halogenated alkanes) is 1. The molecule has 0 saturated carbocycles. The highest BCUT2D eigenvalue weighted by Gasteiger charge is 2.16. The topological polar surface area (TPSA) is 42.9 Å². The van der Waals surface area contributed by atoms with Crippen molar-refractivity contribution in [3.05, 3.63) is 42.0 Å². The minimum absolute atomic E-state index is 0.516. The van der Waals surface area contributed by atoms with E-state index in [1.54, 1.807) is 0 Å². The standard InChI is InChI=1S/C23H37N5/c1-3-24-23(26-21-10-4-5-11-21)25-13-6-7-14-27-15-17-28(18-16-27)22-12-8-9-20(2)19-22/h4-5,8-9,12,19,21H,3,6-7,10-11,13-18H2,1-2H3,(H2,24,25,26).